The maximum Gasteiger partial charge on any atom is 0.262 e. The molecule has 4 rings (SSSR count). The number of anilines is 1. The first-order valence-electron chi connectivity index (χ1n) is 7.68. The van der Waals surface area contributed by atoms with Crippen molar-refractivity contribution in [2.75, 3.05) is 25.1 Å². The van der Waals surface area contributed by atoms with Crippen molar-refractivity contribution >= 4 is 22.5 Å². The van der Waals surface area contributed by atoms with Gasteiger partial charge < -0.3 is 24.5 Å². The molecule has 0 fully saturated rings. The molecule has 1 amide bonds. The first-order valence-corrected chi connectivity index (χ1v) is 7.68. The molecular weight excluding hydrogens is 308 g/mol. The molecule has 1 aromatic heterocycles. The second-order valence-electron chi connectivity index (χ2n) is 5.39. The van der Waals surface area contributed by atoms with Crippen LogP contribution in [0.15, 0.2) is 48.7 Å². The highest BCUT2D eigenvalue weighted by Gasteiger charge is 2.13. The average Bonchev–Trinajstić information content (AvgIpc) is 3.09. The topological polar surface area (TPSA) is 72.6 Å². The number of aromatic nitrogens is 1. The minimum absolute atomic E-state index is 0.0707. The molecule has 2 N–H and O–H groups in total. The molecule has 0 spiro atoms. The van der Waals surface area contributed by atoms with Gasteiger partial charge in [-0.2, -0.15) is 0 Å². The number of nitrogens with one attached hydrogen (secondary N) is 2. The minimum atomic E-state index is -0.237. The maximum atomic E-state index is 12.1. The SMILES string of the molecule is O=C(COc1cccc2[nH]ccc12)Nc1ccc2c(c1)OCCO2. The number of aromatic amines is 1. The van der Waals surface area contributed by atoms with Gasteiger partial charge in [-0.15, -0.1) is 0 Å². The van der Waals surface area contributed by atoms with Crippen LogP contribution in [0.1, 0.15) is 0 Å². The third kappa shape index (κ3) is 2.86. The highest BCUT2D eigenvalue weighted by Crippen LogP contribution is 2.32. The molecule has 24 heavy (non-hydrogen) atoms. The summed E-state index contributed by atoms with van der Waals surface area (Å²) in [5.41, 5.74) is 1.62. The third-order valence-electron chi connectivity index (χ3n) is 3.74. The Kier molecular flexibility index (Phi) is 3.70. The zero-order valence-corrected chi connectivity index (χ0v) is 12.9. The molecule has 1 aliphatic rings. The highest BCUT2D eigenvalue weighted by molar-refractivity contribution is 5.93. The molecule has 6 heteroatoms. The zero-order chi connectivity index (χ0) is 16.4. The van der Waals surface area contributed by atoms with E-state index in [1.165, 1.54) is 0 Å². The van der Waals surface area contributed by atoms with Crippen molar-refractivity contribution < 1.29 is 19.0 Å². The Balaban J connectivity index is 1.41. The lowest BCUT2D eigenvalue weighted by molar-refractivity contribution is -0.118. The predicted molar refractivity (Wildman–Crippen MR) is 89.9 cm³/mol. The minimum Gasteiger partial charge on any atom is -0.486 e. The normalized spacial score (nSPS) is 12.8. The second kappa shape index (κ2) is 6.16. The fraction of sp³-hybridized carbons (Fsp3) is 0.167. The fourth-order valence-electron chi connectivity index (χ4n) is 2.64. The van der Waals surface area contributed by atoms with Crippen LogP contribution in [0.25, 0.3) is 10.9 Å². The summed E-state index contributed by atoms with van der Waals surface area (Å²) >= 11 is 0. The van der Waals surface area contributed by atoms with Gasteiger partial charge in [-0.25, -0.2) is 0 Å². The summed E-state index contributed by atoms with van der Waals surface area (Å²) in [6.07, 6.45) is 1.84. The molecule has 3 aromatic rings. The van der Waals surface area contributed by atoms with Crippen LogP contribution in [0.5, 0.6) is 17.2 Å². The summed E-state index contributed by atoms with van der Waals surface area (Å²) in [4.78, 5) is 15.2. The van der Waals surface area contributed by atoms with Gasteiger partial charge in [0, 0.05) is 28.9 Å². The second-order valence-corrected chi connectivity index (χ2v) is 5.39. The van der Waals surface area contributed by atoms with Gasteiger partial charge in [0.2, 0.25) is 0 Å². The number of carbonyl (C=O) groups excluding carboxylic acids is 1. The quantitative estimate of drug-likeness (QED) is 0.774. The van der Waals surface area contributed by atoms with E-state index < -0.39 is 0 Å². The van der Waals surface area contributed by atoms with E-state index in [0.717, 1.165) is 10.9 Å². The van der Waals surface area contributed by atoms with Crippen LogP contribution >= 0.6 is 0 Å². The Morgan fingerprint density at radius 2 is 2.00 bits per heavy atom. The number of hydrogen-bond donors (Lipinski definition) is 2. The van der Waals surface area contributed by atoms with Crippen molar-refractivity contribution in [3.63, 3.8) is 0 Å². The van der Waals surface area contributed by atoms with Crippen molar-refractivity contribution in [2.24, 2.45) is 0 Å². The number of rotatable bonds is 4. The Labute approximate surface area is 138 Å². The van der Waals surface area contributed by atoms with Crippen LogP contribution in [0.3, 0.4) is 0 Å². The van der Waals surface area contributed by atoms with E-state index in [1.807, 2.05) is 30.5 Å². The Morgan fingerprint density at radius 1 is 1.12 bits per heavy atom. The van der Waals surface area contributed by atoms with Crippen molar-refractivity contribution in [3.8, 4) is 17.2 Å². The standard InChI is InChI=1S/C18H16N2O4/c21-18(11-24-15-3-1-2-14-13(15)6-7-19-14)20-12-4-5-16-17(10-12)23-9-8-22-16/h1-7,10,19H,8-9,11H2,(H,20,21). The van der Waals surface area contributed by atoms with E-state index in [0.29, 0.717) is 36.1 Å². The van der Waals surface area contributed by atoms with Crippen LogP contribution in [0.4, 0.5) is 5.69 Å². The summed E-state index contributed by atoms with van der Waals surface area (Å²) in [5.74, 6) is 1.76. The van der Waals surface area contributed by atoms with Gasteiger partial charge in [0.25, 0.3) is 5.91 Å². The molecule has 0 saturated heterocycles. The lowest BCUT2D eigenvalue weighted by Gasteiger charge is -2.19. The number of H-pyrrole nitrogens is 1. The molecule has 1 aliphatic heterocycles. The van der Waals surface area contributed by atoms with Gasteiger partial charge in [-0.3, -0.25) is 4.79 Å². The summed E-state index contributed by atoms with van der Waals surface area (Å²) in [6.45, 7) is 0.976. The summed E-state index contributed by atoms with van der Waals surface area (Å²) in [5, 5.41) is 3.75. The van der Waals surface area contributed by atoms with Crippen LogP contribution < -0.4 is 19.5 Å². The van der Waals surface area contributed by atoms with Crippen molar-refractivity contribution in [3.05, 3.63) is 48.7 Å². The molecule has 6 nitrogen and oxygen atoms in total. The van der Waals surface area contributed by atoms with Crippen LogP contribution in [-0.2, 0) is 4.79 Å². The molecule has 122 valence electrons. The van der Waals surface area contributed by atoms with E-state index in [1.54, 1.807) is 18.2 Å². The first-order chi connectivity index (χ1) is 11.8. The number of carbonyl (C=O) groups is 1. The summed E-state index contributed by atoms with van der Waals surface area (Å²) in [6, 6.07) is 12.9. The van der Waals surface area contributed by atoms with Gasteiger partial charge >= 0.3 is 0 Å². The Bertz CT molecular complexity index is 888. The smallest absolute Gasteiger partial charge is 0.262 e. The Morgan fingerprint density at radius 3 is 2.92 bits per heavy atom. The van der Waals surface area contributed by atoms with Crippen molar-refractivity contribution in [2.45, 2.75) is 0 Å². The molecule has 0 bridgehead atoms. The van der Waals surface area contributed by atoms with E-state index in [9.17, 15) is 4.79 Å². The van der Waals surface area contributed by atoms with Crippen LogP contribution in [0, 0.1) is 0 Å². The molecule has 2 heterocycles. The van der Waals surface area contributed by atoms with Gasteiger partial charge in [-0.05, 0) is 30.3 Å². The molecule has 0 aliphatic carbocycles. The number of ether oxygens (including phenoxy) is 3. The first kappa shape index (κ1) is 14.4. The summed E-state index contributed by atoms with van der Waals surface area (Å²) in [7, 11) is 0. The third-order valence-corrected chi connectivity index (χ3v) is 3.74. The number of fused-ring (bicyclic) bond motifs is 2. The molecule has 0 unspecified atom stereocenters. The number of amides is 1. The molecule has 0 saturated carbocycles. The summed E-state index contributed by atoms with van der Waals surface area (Å²) < 4.78 is 16.6. The lowest BCUT2D eigenvalue weighted by atomic mass is 10.2. The zero-order valence-electron chi connectivity index (χ0n) is 12.9. The Hall–Kier alpha value is -3.15. The van der Waals surface area contributed by atoms with E-state index in [4.69, 9.17) is 14.2 Å². The van der Waals surface area contributed by atoms with Gasteiger partial charge in [0.1, 0.15) is 19.0 Å². The fourth-order valence-corrected chi connectivity index (χ4v) is 2.64. The van der Waals surface area contributed by atoms with E-state index in [-0.39, 0.29) is 12.5 Å². The van der Waals surface area contributed by atoms with E-state index >= 15 is 0 Å². The number of hydrogen-bond acceptors (Lipinski definition) is 4. The van der Waals surface area contributed by atoms with Crippen molar-refractivity contribution in [1.29, 1.82) is 0 Å². The number of benzene rings is 2. The molecule has 0 atom stereocenters. The average molecular weight is 324 g/mol. The van der Waals surface area contributed by atoms with Crippen molar-refractivity contribution in [1.82, 2.24) is 4.98 Å². The molecule has 0 radical (unpaired) electrons. The largest absolute Gasteiger partial charge is 0.486 e. The van der Waals surface area contributed by atoms with Gasteiger partial charge in [-0.1, -0.05) is 6.07 Å². The predicted octanol–water partition coefficient (Wildman–Crippen LogP) is 2.96. The van der Waals surface area contributed by atoms with E-state index in [2.05, 4.69) is 10.3 Å². The van der Waals surface area contributed by atoms with Gasteiger partial charge in [0.05, 0.1) is 0 Å². The molecular formula is C18H16N2O4. The lowest BCUT2D eigenvalue weighted by Crippen LogP contribution is -2.20. The van der Waals surface area contributed by atoms with Crippen LogP contribution in [0.2, 0.25) is 0 Å². The van der Waals surface area contributed by atoms with Gasteiger partial charge in [0.15, 0.2) is 18.1 Å². The monoisotopic (exact) mass is 324 g/mol. The molecule has 2 aromatic carbocycles. The van der Waals surface area contributed by atoms with Crippen LogP contribution in [-0.4, -0.2) is 30.7 Å². The highest BCUT2D eigenvalue weighted by atomic mass is 16.6. The maximum absolute atomic E-state index is 12.1.